The quantitative estimate of drug-likeness (QED) is 0.662. The number of nitrogens with one attached hydrogen (secondary N) is 1. The molecular weight excluding hydrogens is 376 g/mol. The number of piperidine rings is 1. The molecule has 2 aromatic carbocycles. The predicted molar refractivity (Wildman–Crippen MR) is 119 cm³/mol. The molecule has 0 atom stereocenters. The summed E-state index contributed by atoms with van der Waals surface area (Å²) in [5.41, 5.74) is 2.25. The Labute approximate surface area is 176 Å². The van der Waals surface area contributed by atoms with Crippen molar-refractivity contribution in [3.05, 3.63) is 67.0 Å². The first-order valence-electron chi connectivity index (χ1n) is 10.3. The van der Waals surface area contributed by atoms with E-state index in [1.807, 2.05) is 48.5 Å². The summed E-state index contributed by atoms with van der Waals surface area (Å²) in [5.74, 6) is 2.49. The number of amides is 1. The van der Waals surface area contributed by atoms with Crippen molar-refractivity contribution in [3.8, 4) is 16.9 Å². The number of hydrogen-bond donors (Lipinski definition) is 1. The molecule has 1 amide bonds. The van der Waals surface area contributed by atoms with E-state index in [9.17, 15) is 4.79 Å². The lowest BCUT2D eigenvalue weighted by molar-refractivity contribution is -0.118. The van der Waals surface area contributed by atoms with E-state index in [1.54, 1.807) is 0 Å². The van der Waals surface area contributed by atoms with Gasteiger partial charge in [0.15, 0.2) is 6.61 Å². The van der Waals surface area contributed by atoms with Crippen LogP contribution in [0.25, 0.3) is 11.1 Å². The molecule has 0 radical (unpaired) electrons. The van der Waals surface area contributed by atoms with Crippen molar-refractivity contribution >= 4 is 17.5 Å². The molecule has 1 aromatic heterocycles. The Hall–Kier alpha value is -3.41. The molecule has 30 heavy (non-hydrogen) atoms. The van der Waals surface area contributed by atoms with Gasteiger partial charge in [0.1, 0.15) is 23.7 Å². The molecule has 6 nitrogen and oxygen atoms in total. The maximum atomic E-state index is 12.3. The highest BCUT2D eigenvalue weighted by molar-refractivity contribution is 5.91. The van der Waals surface area contributed by atoms with Gasteiger partial charge in [-0.2, -0.15) is 0 Å². The van der Waals surface area contributed by atoms with E-state index in [0.717, 1.165) is 48.8 Å². The normalized spacial score (nSPS) is 14.4. The van der Waals surface area contributed by atoms with E-state index in [2.05, 4.69) is 39.2 Å². The predicted octanol–water partition coefficient (Wildman–Crippen LogP) is 4.40. The van der Waals surface area contributed by atoms with Gasteiger partial charge in [0, 0.05) is 19.2 Å². The van der Waals surface area contributed by atoms with Crippen molar-refractivity contribution in [2.75, 3.05) is 29.9 Å². The van der Waals surface area contributed by atoms with E-state index in [0.29, 0.717) is 11.6 Å². The van der Waals surface area contributed by atoms with Gasteiger partial charge in [0.05, 0.1) is 0 Å². The summed E-state index contributed by atoms with van der Waals surface area (Å²) < 4.78 is 5.62. The van der Waals surface area contributed by atoms with Crippen LogP contribution in [0.4, 0.5) is 11.6 Å². The van der Waals surface area contributed by atoms with Crippen molar-refractivity contribution in [1.82, 2.24) is 9.97 Å². The lowest BCUT2D eigenvalue weighted by Crippen LogP contribution is -2.33. The fourth-order valence-corrected chi connectivity index (χ4v) is 3.53. The zero-order chi connectivity index (χ0) is 20.8. The standard InChI is InChI=1S/C24H26N4O2/c1-18-11-13-28(14-12-18)23-15-22(25-17-26-23)27-24(29)16-30-21-9-7-20(8-10-21)19-5-3-2-4-6-19/h2-10,15,17-18H,11-14,16H2,1H3,(H,25,26,27,29). The van der Waals surface area contributed by atoms with Gasteiger partial charge in [-0.3, -0.25) is 4.79 Å². The van der Waals surface area contributed by atoms with Crippen molar-refractivity contribution in [2.24, 2.45) is 5.92 Å². The number of rotatable bonds is 6. The second-order valence-electron chi connectivity index (χ2n) is 7.66. The number of carbonyl (C=O) groups excluding carboxylic acids is 1. The van der Waals surface area contributed by atoms with Crippen molar-refractivity contribution in [2.45, 2.75) is 19.8 Å². The number of hydrogen-bond acceptors (Lipinski definition) is 5. The molecular formula is C24H26N4O2. The van der Waals surface area contributed by atoms with Gasteiger partial charge in [0.25, 0.3) is 5.91 Å². The molecule has 154 valence electrons. The summed E-state index contributed by atoms with van der Waals surface area (Å²) in [4.78, 5) is 23.1. The lowest BCUT2D eigenvalue weighted by Gasteiger charge is -2.31. The highest BCUT2D eigenvalue weighted by atomic mass is 16.5. The van der Waals surface area contributed by atoms with Crippen LogP contribution in [0.2, 0.25) is 0 Å². The van der Waals surface area contributed by atoms with Crippen molar-refractivity contribution in [3.63, 3.8) is 0 Å². The number of ether oxygens (including phenoxy) is 1. The Bertz CT molecular complexity index is 968. The molecule has 0 saturated carbocycles. The minimum absolute atomic E-state index is 0.0781. The highest BCUT2D eigenvalue weighted by Crippen LogP contribution is 2.23. The first-order chi connectivity index (χ1) is 14.7. The second-order valence-corrected chi connectivity index (χ2v) is 7.66. The average molecular weight is 402 g/mol. The monoisotopic (exact) mass is 402 g/mol. The molecule has 1 fully saturated rings. The van der Waals surface area contributed by atoms with Gasteiger partial charge in [-0.25, -0.2) is 9.97 Å². The Morgan fingerprint density at radius 3 is 2.47 bits per heavy atom. The van der Waals surface area contributed by atoms with E-state index in [4.69, 9.17) is 4.74 Å². The Morgan fingerprint density at radius 2 is 1.73 bits per heavy atom. The minimum Gasteiger partial charge on any atom is -0.484 e. The topological polar surface area (TPSA) is 67.4 Å². The summed E-state index contributed by atoms with van der Waals surface area (Å²) in [6.45, 7) is 4.16. The summed E-state index contributed by atoms with van der Waals surface area (Å²) in [5, 5.41) is 2.80. The lowest BCUT2D eigenvalue weighted by atomic mass is 9.99. The van der Waals surface area contributed by atoms with Crippen LogP contribution in [-0.4, -0.2) is 35.6 Å². The van der Waals surface area contributed by atoms with Gasteiger partial charge in [0.2, 0.25) is 0 Å². The fourth-order valence-electron chi connectivity index (χ4n) is 3.53. The Balaban J connectivity index is 1.30. The minimum atomic E-state index is -0.251. The van der Waals surface area contributed by atoms with Gasteiger partial charge in [-0.15, -0.1) is 0 Å². The molecule has 6 heteroatoms. The van der Waals surface area contributed by atoms with E-state index in [1.165, 1.54) is 6.33 Å². The van der Waals surface area contributed by atoms with E-state index in [-0.39, 0.29) is 12.5 Å². The SMILES string of the molecule is CC1CCN(c2cc(NC(=O)COc3ccc(-c4ccccc4)cc3)ncn2)CC1. The van der Waals surface area contributed by atoms with Crippen LogP contribution in [-0.2, 0) is 4.79 Å². The molecule has 2 heterocycles. The second kappa shape index (κ2) is 9.39. The number of benzene rings is 2. The molecule has 1 saturated heterocycles. The van der Waals surface area contributed by atoms with E-state index >= 15 is 0 Å². The molecule has 4 rings (SSSR count). The first-order valence-corrected chi connectivity index (χ1v) is 10.3. The number of carbonyl (C=O) groups is 1. The summed E-state index contributed by atoms with van der Waals surface area (Å²) in [6, 6.07) is 19.7. The fraction of sp³-hybridized carbons (Fsp3) is 0.292. The molecule has 1 aliphatic heterocycles. The Morgan fingerprint density at radius 1 is 1.03 bits per heavy atom. The third kappa shape index (κ3) is 5.14. The third-order valence-corrected chi connectivity index (χ3v) is 5.36. The van der Waals surface area contributed by atoms with Crippen LogP contribution < -0.4 is 15.0 Å². The highest BCUT2D eigenvalue weighted by Gasteiger charge is 2.17. The molecule has 0 unspecified atom stereocenters. The summed E-state index contributed by atoms with van der Waals surface area (Å²) in [7, 11) is 0. The smallest absolute Gasteiger partial charge is 0.263 e. The molecule has 0 bridgehead atoms. The molecule has 1 N–H and O–H groups in total. The van der Waals surface area contributed by atoms with Crippen LogP contribution in [0.5, 0.6) is 5.75 Å². The van der Waals surface area contributed by atoms with E-state index < -0.39 is 0 Å². The summed E-state index contributed by atoms with van der Waals surface area (Å²) in [6.07, 6.45) is 3.80. The molecule has 0 aliphatic carbocycles. The van der Waals surface area contributed by atoms with Gasteiger partial charge >= 0.3 is 0 Å². The van der Waals surface area contributed by atoms with Crippen LogP contribution in [0.1, 0.15) is 19.8 Å². The largest absolute Gasteiger partial charge is 0.484 e. The number of anilines is 2. The Kier molecular flexibility index (Phi) is 6.23. The third-order valence-electron chi connectivity index (χ3n) is 5.36. The molecule has 3 aromatic rings. The van der Waals surface area contributed by atoms with Crippen molar-refractivity contribution in [1.29, 1.82) is 0 Å². The van der Waals surface area contributed by atoms with Gasteiger partial charge in [-0.05, 0) is 42.0 Å². The average Bonchev–Trinajstić information content (AvgIpc) is 2.79. The van der Waals surface area contributed by atoms with Gasteiger partial charge < -0.3 is 15.0 Å². The zero-order valence-corrected chi connectivity index (χ0v) is 17.1. The molecule has 0 spiro atoms. The van der Waals surface area contributed by atoms with Crippen molar-refractivity contribution < 1.29 is 9.53 Å². The number of aromatic nitrogens is 2. The molecule has 1 aliphatic rings. The maximum Gasteiger partial charge on any atom is 0.263 e. The van der Waals surface area contributed by atoms with Crippen LogP contribution in [0, 0.1) is 5.92 Å². The van der Waals surface area contributed by atoms with Crippen LogP contribution >= 0.6 is 0 Å². The first kappa shape index (κ1) is 19.9. The maximum absolute atomic E-state index is 12.3. The zero-order valence-electron chi connectivity index (χ0n) is 17.1. The van der Waals surface area contributed by atoms with Gasteiger partial charge in [-0.1, -0.05) is 49.4 Å². The van der Waals surface area contributed by atoms with Crippen LogP contribution in [0.3, 0.4) is 0 Å². The number of nitrogens with zero attached hydrogens (tertiary/aromatic N) is 3. The van der Waals surface area contributed by atoms with Crippen LogP contribution in [0.15, 0.2) is 67.0 Å². The summed E-state index contributed by atoms with van der Waals surface area (Å²) >= 11 is 0.